The monoisotopic (exact) mass is 302 g/mol. The van der Waals surface area contributed by atoms with Crippen LogP contribution < -0.4 is 5.32 Å². The average Bonchev–Trinajstić information content (AvgIpc) is 2.49. The van der Waals surface area contributed by atoms with Crippen molar-refractivity contribution < 1.29 is 4.79 Å². The van der Waals surface area contributed by atoms with Gasteiger partial charge in [0.1, 0.15) is 0 Å². The van der Waals surface area contributed by atoms with Crippen LogP contribution in [0.4, 0.5) is 0 Å². The lowest BCUT2D eigenvalue weighted by Crippen LogP contribution is -2.42. The minimum atomic E-state index is 0.168. The van der Waals surface area contributed by atoms with Gasteiger partial charge in [0.25, 0.3) is 0 Å². The molecular weight excluding hydrogens is 272 g/mol. The van der Waals surface area contributed by atoms with Crippen LogP contribution >= 0.6 is 0 Å². The first kappa shape index (κ1) is 17.0. The number of benzene rings is 1. The summed E-state index contributed by atoms with van der Waals surface area (Å²) in [6.45, 7) is 9.46. The fraction of sp³-hybridized carbons (Fsp3) is 0.632. The van der Waals surface area contributed by atoms with Crippen LogP contribution in [0.3, 0.4) is 0 Å². The normalized spacial score (nSPS) is 18.4. The maximum Gasteiger partial charge on any atom is 0.220 e. The molecule has 0 aliphatic carbocycles. The fourth-order valence-electron chi connectivity index (χ4n) is 3.13. The van der Waals surface area contributed by atoms with Gasteiger partial charge in [-0.3, -0.25) is 9.69 Å². The molecule has 1 atom stereocenters. The summed E-state index contributed by atoms with van der Waals surface area (Å²) < 4.78 is 0. The zero-order chi connectivity index (χ0) is 15.9. The lowest BCUT2D eigenvalue weighted by molar-refractivity contribution is -0.122. The molecule has 1 amide bonds. The molecule has 0 spiro atoms. The first-order valence-electron chi connectivity index (χ1n) is 8.62. The van der Waals surface area contributed by atoms with Crippen LogP contribution in [0.2, 0.25) is 0 Å². The molecule has 1 aliphatic rings. The molecule has 1 aromatic carbocycles. The SMILES string of the molecule is CC(C)CC(=O)NCC(c1ccccc1)N1CCC(C)CC1. The molecule has 0 aromatic heterocycles. The second-order valence-electron chi connectivity index (χ2n) is 7.05. The molecule has 1 aromatic rings. The lowest BCUT2D eigenvalue weighted by atomic mass is 9.95. The van der Waals surface area contributed by atoms with Crippen LogP contribution in [0, 0.1) is 11.8 Å². The highest BCUT2D eigenvalue weighted by Gasteiger charge is 2.24. The third-order valence-corrected chi connectivity index (χ3v) is 4.53. The Labute approximate surface area is 135 Å². The largest absolute Gasteiger partial charge is 0.354 e. The van der Waals surface area contributed by atoms with E-state index >= 15 is 0 Å². The van der Waals surface area contributed by atoms with E-state index in [-0.39, 0.29) is 5.91 Å². The third-order valence-electron chi connectivity index (χ3n) is 4.53. The Balaban J connectivity index is 2.01. The van der Waals surface area contributed by atoms with Crippen molar-refractivity contribution in [2.75, 3.05) is 19.6 Å². The zero-order valence-electron chi connectivity index (χ0n) is 14.2. The molecule has 3 heteroatoms. The minimum Gasteiger partial charge on any atom is -0.354 e. The lowest BCUT2D eigenvalue weighted by Gasteiger charge is -2.37. The van der Waals surface area contributed by atoms with Gasteiger partial charge in [0.2, 0.25) is 5.91 Å². The molecule has 1 fully saturated rings. The number of rotatable bonds is 6. The number of hydrogen-bond donors (Lipinski definition) is 1. The van der Waals surface area contributed by atoms with Gasteiger partial charge in [-0.05, 0) is 43.3 Å². The van der Waals surface area contributed by atoms with Crippen molar-refractivity contribution in [2.45, 2.75) is 46.1 Å². The molecule has 0 bridgehead atoms. The molecule has 1 aliphatic heterocycles. The molecule has 1 heterocycles. The van der Waals surface area contributed by atoms with E-state index in [1.54, 1.807) is 0 Å². The number of piperidine rings is 1. The topological polar surface area (TPSA) is 32.3 Å². The van der Waals surface area contributed by atoms with Gasteiger partial charge in [0.15, 0.2) is 0 Å². The highest BCUT2D eigenvalue weighted by molar-refractivity contribution is 5.76. The summed E-state index contributed by atoms with van der Waals surface area (Å²) in [5.41, 5.74) is 1.31. The summed E-state index contributed by atoms with van der Waals surface area (Å²) in [6.07, 6.45) is 3.12. The summed E-state index contributed by atoms with van der Waals surface area (Å²) in [4.78, 5) is 14.5. The number of likely N-dealkylation sites (tertiary alicyclic amines) is 1. The standard InChI is InChI=1S/C19H30N2O/c1-15(2)13-19(22)20-14-18(17-7-5-4-6-8-17)21-11-9-16(3)10-12-21/h4-8,15-16,18H,9-14H2,1-3H3,(H,20,22). The predicted molar refractivity (Wildman–Crippen MR) is 91.6 cm³/mol. The average molecular weight is 302 g/mol. The van der Waals surface area contributed by atoms with Crippen molar-refractivity contribution in [3.63, 3.8) is 0 Å². The number of nitrogens with zero attached hydrogens (tertiary/aromatic N) is 1. The summed E-state index contributed by atoms with van der Waals surface area (Å²) in [5, 5.41) is 3.14. The van der Waals surface area contributed by atoms with Crippen LogP contribution in [-0.4, -0.2) is 30.4 Å². The summed E-state index contributed by atoms with van der Waals surface area (Å²) in [6, 6.07) is 10.9. The Hall–Kier alpha value is -1.35. The van der Waals surface area contributed by atoms with Gasteiger partial charge in [-0.25, -0.2) is 0 Å². The number of amides is 1. The van der Waals surface area contributed by atoms with E-state index in [1.165, 1.54) is 18.4 Å². The van der Waals surface area contributed by atoms with Gasteiger partial charge in [-0.2, -0.15) is 0 Å². The molecular formula is C19H30N2O. The maximum absolute atomic E-state index is 12.0. The quantitative estimate of drug-likeness (QED) is 0.870. The second-order valence-corrected chi connectivity index (χ2v) is 7.05. The van der Waals surface area contributed by atoms with E-state index in [1.807, 2.05) is 0 Å². The van der Waals surface area contributed by atoms with E-state index in [0.29, 0.717) is 24.9 Å². The number of carbonyl (C=O) groups excluding carboxylic acids is 1. The van der Waals surface area contributed by atoms with Crippen LogP contribution in [0.25, 0.3) is 0 Å². The van der Waals surface area contributed by atoms with Gasteiger partial charge < -0.3 is 5.32 Å². The number of hydrogen-bond acceptors (Lipinski definition) is 2. The van der Waals surface area contributed by atoms with Gasteiger partial charge in [0, 0.05) is 13.0 Å². The Kier molecular flexibility index (Phi) is 6.44. The van der Waals surface area contributed by atoms with Crippen molar-refractivity contribution in [3.05, 3.63) is 35.9 Å². The zero-order valence-corrected chi connectivity index (χ0v) is 14.2. The molecule has 1 unspecified atom stereocenters. The van der Waals surface area contributed by atoms with Gasteiger partial charge in [0.05, 0.1) is 6.04 Å². The van der Waals surface area contributed by atoms with E-state index in [9.17, 15) is 4.79 Å². The molecule has 3 nitrogen and oxygen atoms in total. The van der Waals surface area contributed by atoms with Crippen LogP contribution in [0.15, 0.2) is 30.3 Å². The predicted octanol–water partition coefficient (Wildman–Crippen LogP) is 3.62. The van der Waals surface area contributed by atoms with Gasteiger partial charge >= 0.3 is 0 Å². The van der Waals surface area contributed by atoms with Crippen molar-refractivity contribution in [1.29, 1.82) is 0 Å². The van der Waals surface area contributed by atoms with Crippen molar-refractivity contribution in [1.82, 2.24) is 10.2 Å². The molecule has 122 valence electrons. The smallest absolute Gasteiger partial charge is 0.220 e. The van der Waals surface area contributed by atoms with Crippen molar-refractivity contribution in [2.24, 2.45) is 11.8 Å². The van der Waals surface area contributed by atoms with Crippen molar-refractivity contribution in [3.8, 4) is 0 Å². The van der Waals surface area contributed by atoms with Gasteiger partial charge in [-0.15, -0.1) is 0 Å². The molecule has 1 saturated heterocycles. The highest BCUT2D eigenvalue weighted by Crippen LogP contribution is 2.26. The van der Waals surface area contributed by atoms with E-state index in [4.69, 9.17) is 0 Å². The van der Waals surface area contributed by atoms with E-state index in [2.05, 4.69) is 61.3 Å². The van der Waals surface area contributed by atoms with Crippen molar-refractivity contribution >= 4 is 5.91 Å². The third kappa shape index (κ3) is 5.13. The molecule has 2 rings (SSSR count). The van der Waals surface area contributed by atoms with Gasteiger partial charge in [-0.1, -0.05) is 51.1 Å². The van der Waals surface area contributed by atoms with E-state index in [0.717, 1.165) is 19.0 Å². The summed E-state index contributed by atoms with van der Waals surface area (Å²) >= 11 is 0. The Morgan fingerprint density at radius 2 is 1.86 bits per heavy atom. The summed E-state index contributed by atoms with van der Waals surface area (Å²) in [7, 11) is 0. The second kappa shape index (κ2) is 8.33. The molecule has 22 heavy (non-hydrogen) atoms. The Morgan fingerprint density at radius 3 is 2.45 bits per heavy atom. The number of carbonyl (C=O) groups is 1. The van der Waals surface area contributed by atoms with Crippen LogP contribution in [0.1, 0.15) is 51.6 Å². The molecule has 0 radical (unpaired) electrons. The van der Waals surface area contributed by atoms with Crippen LogP contribution in [-0.2, 0) is 4.79 Å². The minimum absolute atomic E-state index is 0.168. The fourth-order valence-corrected chi connectivity index (χ4v) is 3.13. The first-order valence-corrected chi connectivity index (χ1v) is 8.62. The maximum atomic E-state index is 12.0. The Morgan fingerprint density at radius 1 is 1.23 bits per heavy atom. The molecule has 0 saturated carbocycles. The highest BCUT2D eigenvalue weighted by atomic mass is 16.1. The molecule has 1 N–H and O–H groups in total. The Bertz CT molecular complexity index is 450. The van der Waals surface area contributed by atoms with E-state index < -0.39 is 0 Å². The van der Waals surface area contributed by atoms with Crippen LogP contribution in [0.5, 0.6) is 0 Å². The summed E-state index contributed by atoms with van der Waals surface area (Å²) in [5.74, 6) is 1.40. The first-order chi connectivity index (χ1) is 10.6. The number of nitrogens with one attached hydrogen (secondary N) is 1.